The Morgan fingerprint density at radius 1 is 1.04 bits per heavy atom. The van der Waals surface area contributed by atoms with Gasteiger partial charge in [-0.2, -0.15) is 0 Å². The number of rotatable bonds is 7. The molecular weight excluding hydrogens is 322 g/mol. The fourth-order valence-corrected chi connectivity index (χ4v) is 3.16. The van der Waals surface area contributed by atoms with E-state index in [2.05, 4.69) is 17.4 Å². The summed E-state index contributed by atoms with van der Waals surface area (Å²) in [5.41, 5.74) is 3.35. The molecule has 5 heteroatoms. The van der Waals surface area contributed by atoms with Gasteiger partial charge in [0.05, 0.1) is 0 Å². The van der Waals surface area contributed by atoms with E-state index in [0.29, 0.717) is 19.4 Å². The predicted molar refractivity (Wildman–Crippen MR) is 98.3 cm³/mol. The van der Waals surface area contributed by atoms with Gasteiger partial charge in [0.15, 0.2) is 0 Å². The maximum Gasteiger partial charge on any atom is 0.317 e. The molecule has 0 aliphatic rings. The fraction of sp³-hybridized carbons (Fsp3) is 0.263. The maximum absolute atomic E-state index is 11.6. The number of hydrogen-bond acceptors (Lipinski definition) is 3. The Labute approximate surface area is 146 Å². The van der Waals surface area contributed by atoms with Gasteiger partial charge in [-0.05, 0) is 48.2 Å². The summed E-state index contributed by atoms with van der Waals surface area (Å²) in [5, 5.41) is 10.9. The SMILES string of the molecule is CCNC(=O)SC(CCc1ccc(-c2ccccc2)cc1)C(=O)O. The molecule has 4 nitrogen and oxygen atoms in total. The normalized spacial score (nSPS) is 11.7. The molecule has 1 unspecified atom stereocenters. The Balaban J connectivity index is 1.95. The van der Waals surface area contributed by atoms with Crippen LogP contribution >= 0.6 is 11.8 Å². The third-order valence-corrected chi connectivity index (χ3v) is 4.68. The Morgan fingerprint density at radius 3 is 2.25 bits per heavy atom. The highest BCUT2D eigenvalue weighted by atomic mass is 32.2. The van der Waals surface area contributed by atoms with Crippen LogP contribution in [0.2, 0.25) is 0 Å². The molecule has 0 spiro atoms. The number of nitrogens with one attached hydrogen (secondary N) is 1. The molecular formula is C19H21NO3S. The second-order valence-electron chi connectivity index (χ2n) is 5.36. The lowest BCUT2D eigenvalue weighted by Gasteiger charge is -2.11. The highest BCUT2D eigenvalue weighted by molar-refractivity contribution is 8.14. The topological polar surface area (TPSA) is 66.4 Å². The van der Waals surface area contributed by atoms with Crippen LogP contribution in [0.25, 0.3) is 11.1 Å². The minimum absolute atomic E-state index is 0.288. The molecule has 0 bridgehead atoms. The second-order valence-corrected chi connectivity index (χ2v) is 6.54. The number of carboxylic acid groups (broad SMARTS) is 1. The molecule has 0 aromatic heterocycles. The number of amides is 1. The molecule has 1 amide bonds. The minimum atomic E-state index is -0.952. The summed E-state index contributed by atoms with van der Waals surface area (Å²) in [4.78, 5) is 22.9. The lowest BCUT2D eigenvalue weighted by molar-refractivity contribution is -0.136. The highest BCUT2D eigenvalue weighted by Crippen LogP contribution is 2.22. The molecule has 2 N–H and O–H groups in total. The first-order valence-electron chi connectivity index (χ1n) is 7.91. The molecule has 0 saturated heterocycles. The zero-order valence-corrected chi connectivity index (χ0v) is 14.4. The Hall–Kier alpha value is -2.27. The molecule has 0 saturated carbocycles. The number of carbonyl (C=O) groups excluding carboxylic acids is 1. The molecule has 0 aliphatic heterocycles. The van der Waals surface area contributed by atoms with Gasteiger partial charge in [0.25, 0.3) is 5.24 Å². The van der Waals surface area contributed by atoms with Crippen LogP contribution in [0.5, 0.6) is 0 Å². The van der Waals surface area contributed by atoms with Crippen molar-refractivity contribution in [2.45, 2.75) is 25.0 Å². The molecule has 126 valence electrons. The number of carboxylic acids is 1. The molecule has 0 heterocycles. The minimum Gasteiger partial charge on any atom is -0.480 e. The monoisotopic (exact) mass is 343 g/mol. The molecule has 0 fully saturated rings. The number of benzene rings is 2. The van der Waals surface area contributed by atoms with Gasteiger partial charge >= 0.3 is 5.97 Å². The zero-order valence-electron chi connectivity index (χ0n) is 13.6. The van der Waals surface area contributed by atoms with Crippen LogP contribution < -0.4 is 5.32 Å². The molecule has 2 rings (SSSR count). The van der Waals surface area contributed by atoms with Crippen molar-refractivity contribution in [2.24, 2.45) is 0 Å². The lowest BCUT2D eigenvalue weighted by atomic mass is 10.0. The van der Waals surface area contributed by atoms with Crippen molar-refractivity contribution in [3.63, 3.8) is 0 Å². The first-order valence-corrected chi connectivity index (χ1v) is 8.79. The van der Waals surface area contributed by atoms with Crippen molar-refractivity contribution < 1.29 is 14.7 Å². The smallest absolute Gasteiger partial charge is 0.317 e. The molecule has 0 radical (unpaired) electrons. The predicted octanol–water partition coefficient (Wildman–Crippen LogP) is 4.20. The molecule has 24 heavy (non-hydrogen) atoms. The maximum atomic E-state index is 11.6. The van der Waals surface area contributed by atoms with Crippen molar-refractivity contribution in [1.29, 1.82) is 0 Å². The van der Waals surface area contributed by atoms with Crippen LogP contribution in [0.3, 0.4) is 0 Å². The first kappa shape index (κ1) is 18.1. The van der Waals surface area contributed by atoms with E-state index in [1.807, 2.05) is 49.4 Å². The first-order chi connectivity index (χ1) is 11.6. The summed E-state index contributed by atoms with van der Waals surface area (Å²) in [7, 11) is 0. The van der Waals surface area contributed by atoms with Gasteiger partial charge in [0, 0.05) is 6.54 Å². The van der Waals surface area contributed by atoms with E-state index in [-0.39, 0.29) is 5.24 Å². The number of aryl methyl sites for hydroxylation is 1. The largest absolute Gasteiger partial charge is 0.480 e. The number of thioether (sulfide) groups is 1. The van der Waals surface area contributed by atoms with Crippen LogP contribution in [0.4, 0.5) is 4.79 Å². The van der Waals surface area contributed by atoms with Gasteiger partial charge in [-0.1, -0.05) is 54.6 Å². The van der Waals surface area contributed by atoms with Crippen LogP contribution in [0, 0.1) is 0 Å². The Morgan fingerprint density at radius 2 is 1.67 bits per heavy atom. The van der Waals surface area contributed by atoms with Crippen molar-refractivity contribution in [3.05, 3.63) is 60.2 Å². The summed E-state index contributed by atoms with van der Waals surface area (Å²) < 4.78 is 0. The fourth-order valence-electron chi connectivity index (χ4n) is 2.34. The molecule has 1 atom stereocenters. The second kappa shape index (κ2) is 9.13. The summed E-state index contributed by atoms with van der Waals surface area (Å²) in [5.74, 6) is -0.952. The number of hydrogen-bond donors (Lipinski definition) is 2. The summed E-state index contributed by atoms with van der Waals surface area (Å²) in [6, 6.07) is 18.2. The Bertz CT molecular complexity index is 671. The number of aliphatic carboxylic acids is 1. The third kappa shape index (κ3) is 5.42. The van der Waals surface area contributed by atoms with Crippen molar-refractivity contribution >= 4 is 23.0 Å². The van der Waals surface area contributed by atoms with Gasteiger partial charge in [0.2, 0.25) is 0 Å². The van der Waals surface area contributed by atoms with E-state index in [4.69, 9.17) is 0 Å². The van der Waals surface area contributed by atoms with E-state index < -0.39 is 11.2 Å². The quantitative estimate of drug-likeness (QED) is 0.790. The van der Waals surface area contributed by atoms with Crippen molar-refractivity contribution in [1.82, 2.24) is 5.32 Å². The van der Waals surface area contributed by atoms with Crippen LogP contribution in [0.1, 0.15) is 18.9 Å². The molecule has 2 aromatic carbocycles. The van der Waals surface area contributed by atoms with Crippen molar-refractivity contribution in [2.75, 3.05) is 6.54 Å². The Kier molecular flexibility index (Phi) is 6.88. The van der Waals surface area contributed by atoms with Crippen LogP contribution in [0.15, 0.2) is 54.6 Å². The van der Waals surface area contributed by atoms with E-state index in [1.165, 1.54) is 0 Å². The van der Waals surface area contributed by atoms with Crippen molar-refractivity contribution in [3.8, 4) is 11.1 Å². The van der Waals surface area contributed by atoms with Gasteiger partial charge in [0.1, 0.15) is 5.25 Å². The van der Waals surface area contributed by atoms with E-state index in [0.717, 1.165) is 28.5 Å². The summed E-state index contributed by atoms with van der Waals surface area (Å²) in [6.45, 7) is 2.31. The van der Waals surface area contributed by atoms with E-state index in [1.54, 1.807) is 0 Å². The third-order valence-electron chi connectivity index (χ3n) is 3.60. The molecule has 2 aromatic rings. The standard InChI is InChI=1S/C19H21NO3S/c1-2-20-19(23)24-17(18(21)22)13-10-14-8-11-16(12-9-14)15-6-4-3-5-7-15/h3-9,11-12,17H,2,10,13H2,1H3,(H,20,23)(H,21,22). The number of carbonyl (C=O) groups is 2. The highest BCUT2D eigenvalue weighted by Gasteiger charge is 2.21. The average Bonchev–Trinajstić information content (AvgIpc) is 2.60. The summed E-state index contributed by atoms with van der Waals surface area (Å²) >= 11 is 0.847. The van der Waals surface area contributed by atoms with E-state index >= 15 is 0 Å². The molecule has 0 aliphatic carbocycles. The van der Waals surface area contributed by atoms with Gasteiger partial charge in [-0.3, -0.25) is 9.59 Å². The zero-order chi connectivity index (χ0) is 17.4. The van der Waals surface area contributed by atoms with E-state index in [9.17, 15) is 14.7 Å². The van der Waals surface area contributed by atoms with Crippen LogP contribution in [-0.4, -0.2) is 28.1 Å². The van der Waals surface area contributed by atoms with Gasteiger partial charge in [-0.15, -0.1) is 0 Å². The lowest BCUT2D eigenvalue weighted by Crippen LogP contribution is -2.25. The summed E-state index contributed by atoms with van der Waals surface area (Å²) in [6.07, 6.45) is 1.04. The van der Waals surface area contributed by atoms with Gasteiger partial charge in [-0.25, -0.2) is 0 Å². The average molecular weight is 343 g/mol. The van der Waals surface area contributed by atoms with Crippen LogP contribution in [-0.2, 0) is 11.2 Å². The van der Waals surface area contributed by atoms with Gasteiger partial charge < -0.3 is 10.4 Å².